The summed E-state index contributed by atoms with van der Waals surface area (Å²) < 4.78 is 7.76. The number of methoxy groups -OCH3 is 1. The molecule has 1 aromatic heterocycles. The number of carbonyl (C=O) groups excluding carboxylic acids is 2. The molecule has 0 fully saturated rings. The number of aromatic nitrogens is 1. The molecule has 1 aliphatic rings. The van der Waals surface area contributed by atoms with E-state index in [-0.39, 0.29) is 17.7 Å². The second-order valence-electron chi connectivity index (χ2n) is 5.35. The Morgan fingerprint density at radius 3 is 2.59 bits per heavy atom. The minimum Gasteiger partial charge on any atom is -0.469 e. The van der Waals surface area contributed by atoms with Gasteiger partial charge in [-0.3, -0.25) is 9.59 Å². The second kappa shape index (κ2) is 6.08. The van der Waals surface area contributed by atoms with Gasteiger partial charge in [-0.1, -0.05) is 15.9 Å². The van der Waals surface area contributed by atoms with E-state index < -0.39 is 0 Å². The van der Waals surface area contributed by atoms with E-state index in [9.17, 15) is 9.59 Å². The third kappa shape index (κ3) is 2.61. The molecule has 1 unspecified atom stereocenters. The lowest BCUT2D eigenvalue weighted by atomic mass is 9.96. The Kier molecular flexibility index (Phi) is 4.16. The summed E-state index contributed by atoms with van der Waals surface area (Å²) in [5.74, 6) is -0.531. The number of nitrogens with zero attached hydrogens (tertiary/aromatic N) is 1. The molecule has 3 rings (SSSR count). The Labute approximate surface area is 137 Å². The molecule has 0 aliphatic carbocycles. The standard InChI is InChI=1S/C17H16BrNO3/c1-22-17(21)13-3-2-10-19-14(13)8-9-15(19)16(20)11-4-6-12(18)7-5-11/h4-9,13H,2-3,10H2,1H3. The number of halogens is 1. The summed E-state index contributed by atoms with van der Waals surface area (Å²) in [6.07, 6.45) is 1.63. The molecule has 0 bridgehead atoms. The van der Waals surface area contributed by atoms with Crippen LogP contribution >= 0.6 is 15.9 Å². The second-order valence-corrected chi connectivity index (χ2v) is 6.26. The molecule has 0 radical (unpaired) electrons. The quantitative estimate of drug-likeness (QED) is 0.620. The lowest BCUT2D eigenvalue weighted by molar-refractivity contribution is -0.143. The van der Waals surface area contributed by atoms with Crippen molar-refractivity contribution >= 4 is 27.7 Å². The van der Waals surface area contributed by atoms with Crippen LogP contribution in [0.2, 0.25) is 0 Å². The summed E-state index contributed by atoms with van der Waals surface area (Å²) in [7, 11) is 1.40. The molecule has 0 N–H and O–H groups in total. The van der Waals surface area contributed by atoms with Gasteiger partial charge in [0.05, 0.1) is 18.7 Å². The van der Waals surface area contributed by atoms with E-state index in [4.69, 9.17) is 4.74 Å². The van der Waals surface area contributed by atoms with Gasteiger partial charge in [-0.05, 0) is 49.2 Å². The summed E-state index contributed by atoms with van der Waals surface area (Å²) in [5, 5.41) is 0. The molecule has 1 aliphatic heterocycles. The van der Waals surface area contributed by atoms with Crippen LogP contribution in [0.3, 0.4) is 0 Å². The monoisotopic (exact) mass is 361 g/mol. The van der Waals surface area contributed by atoms with Crippen molar-refractivity contribution in [3.63, 3.8) is 0 Å². The first kappa shape index (κ1) is 15.0. The summed E-state index contributed by atoms with van der Waals surface area (Å²) in [6, 6.07) is 11.0. The Bertz CT molecular complexity index is 718. The van der Waals surface area contributed by atoms with Crippen LogP contribution < -0.4 is 0 Å². The smallest absolute Gasteiger partial charge is 0.314 e. The zero-order valence-electron chi connectivity index (χ0n) is 12.2. The van der Waals surface area contributed by atoms with E-state index in [1.165, 1.54) is 7.11 Å². The van der Waals surface area contributed by atoms with Gasteiger partial charge in [0.25, 0.3) is 0 Å². The minimum atomic E-state index is -0.273. The van der Waals surface area contributed by atoms with Crippen LogP contribution in [0.4, 0.5) is 0 Å². The molecule has 0 amide bonds. The Morgan fingerprint density at radius 2 is 1.91 bits per heavy atom. The van der Waals surface area contributed by atoms with Crippen molar-refractivity contribution in [1.82, 2.24) is 4.57 Å². The fourth-order valence-electron chi connectivity index (χ4n) is 2.97. The summed E-state index contributed by atoms with van der Waals surface area (Å²) >= 11 is 3.37. The molecular weight excluding hydrogens is 346 g/mol. The number of benzene rings is 1. The maximum Gasteiger partial charge on any atom is 0.314 e. The van der Waals surface area contributed by atoms with Gasteiger partial charge in [-0.25, -0.2) is 0 Å². The number of carbonyl (C=O) groups is 2. The van der Waals surface area contributed by atoms with E-state index in [0.717, 1.165) is 29.6 Å². The Hall–Kier alpha value is -1.88. The lowest BCUT2D eigenvalue weighted by Crippen LogP contribution is -2.24. The maximum absolute atomic E-state index is 12.7. The van der Waals surface area contributed by atoms with Crippen LogP contribution in [0.15, 0.2) is 40.9 Å². The van der Waals surface area contributed by atoms with Crippen molar-refractivity contribution in [1.29, 1.82) is 0 Å². The fourth-order valence-corrected chi connectivity index (χ4v) is 3.23. The highest BCUT2D eigenvalue weighted by Gasteiger charge is 2.30. The zero-order chi connectivity index (χ0) is 15.7. The third-order valence-electron chi connectivity index (χ3n) is 4.07. The van der Waals surface area contributed by atoms with Gasteiger partial charge < -0.3 is 9.30 Å². The first-order chi connectivity index (χ1) is 10.6. The molecule has 1 aromatic carbocycles. The summed E-state index contributed by atoms with van der Waals surface area (Å²) in [5.41, 5.74) is 2.15. The van der Waals surface area contributed by atoms with Gasteiger partial charge >= 0.3 is 5.97 Å². The van der Waals surface area contributed by atoms with Crippen LogP contribution in [0.1, 0.15) is 40.5 Å². The van der Waals surface area contributed by atoms with E-state index in [1.54, 1.807) is 18.2 Å². The number of rotatable bonds is 3. The topological polar surface area (TPSA) is 48.3 Å². The molecule has 22 heavy (non-hydrogen) atoms. The molecule has 2 aromatic rings. The van der Waals surface area contributed by atoms with Gasteiger partial charge in [0.15, 0.2) is 0 Å². The molecule has 0 saturated carbocycles. The molecular formula is C17H16BrNO3. The Morgan fingerprint density at radius 1 is 1.18 bits per heavy atom. The van der Waals surface area contributed by atoms with Crippen molar-refractivity contribution in [2.24, 2.45) is 0 Å². The average Bonchev–Trinajstić information content (AvgIpc) is 2.98. The minimum absolute atomic E-state index is 0.0238. The third-order valence-corrected chi connectivity index (χ3v) is 4.60. The average molecular weight is 362 g/mol. The highest BCUT2D eigenvalue weighted by molar-refractivity contribution is 9.10. The SMILES string of the molecule is COC(=O)C1CCCn2c(C(=O)c3ccc(Br)cc3)ccc21. The summed E-state index contributed by atoms with van der Waals surface area (Å²) in [6.45, 7) is 0.757. The number of hydrogen-bond donors (Lipinski definition) is 0. The fraction of sp³-hybridized carbons (Fsp3) is 0.294. The highest BCUT2D eigenvalue weighted by atomic mass is 79.9. The molecule has 0 saturated heterocycles. The lowest BCUT2D eigenvalue weighted by Gasteiger charge is -2.24. The van der Waals surface area contributed by atoms with E-state index >= 15 is 0 Å². The van der Waals surface area contributed by atoms with E-state index in [0.29, 0.717) is 11.3 Å². The number of hydrogen-bond acceptors (Lipinski definition) is 3. The normalized spacial score (nSPS) is 16.9. The predicted octanol–water partition coefficient (Wildman–Crippen LogP) is 3.53. The maximum atomic E-state index is 12.7. The Balaban J connectivity index is 1.96. The number of fused-ring (bicyclic) bond motifs is 1. The molecule has 4 nitrogen and oxygen atoms in total. The van der Waals surface area contributed by atoms with Crippen molar-refractivity contribution in [3.8, 4) is 0 Å². The summed E-state index contributed by atoms with van der Waals surface area (Å²) in [4.78, 5) is 24.6. The van der Waals surface area contributed by atoms with Crippen molar-refractivity contribution in [2.45, 2.75) is 25.3 Å². The van der Waals surface area contributed by atoms with Crippen LogP contribution in [0.25, 0.3) is 0 Å². The molecule has 1 atom stereocenters. The van der Waals surface area contributed by atoms with Crippen molar-refractivity contribution in [3.05, 3.63) is 57.8 Å². The van der Waals surface area contributed by atoms with Crippen LogP contribution in [0, 0.1) is 0 Å². The highest BCUT2D eigenvalue weighted by Crippen LogP contribution is 2.31. The molecule has 114 valence electrons. The first-order valence-corrected chi connectivity index (χ1v) is 7.98. The molecule has 0 spiro atoms. The van der Waals surface area contributed by atoms with Gasteiger partial charge in [0, 0.05) is 22.3 Å². The van der Waals surface area contributed by atoms with Crippen molar-refractivity contribution < 1.29 is 14.3 Å². The number of esters is 1. The van der Waals surface area contributed by atoms with Gasteiger partial charge in [0.2, 0.25) is 5.78 Å². The number of ketones is 1. The van der Waals surface area contributed by atoms with Crippen LogP contribution in [-0.2, 0) is 16.1 Å². The van der Waals surface area contributed by atoms with Crippen LogP contribution in [-0.4, -0.2) is 23.4 Å². The largest absolute Gasteiger partial charge is 0.469 e. The zero-order valence-corrected chi connectivity index (χ0v) is 13.8. The molecule has 5 heteroatoms. The van der Waals surface area contributed by atoms with Gasteiger partial charge in [0.1, 0.15) is 0 Å². The molecule has 2 heterocycles. The van der Waals surface area contributed by atoms with E-state index in [2.05, 4.69) is 15.9 Å². The van der Waals surface area contributed by atoms with Crippen molar-refractivity contribution in [2.75, 3.05) is 7.11 Å². The van der Waals surface area contributed by atoms with E-state index in [1.807, 2.05) is 22.8 Å². The first-order valence-electron chi connectivity index (χ1n) is 7.19. The number of ether oxygens (including phenoxy) is 1. The van der Waals surface area contributed by atoms with Crippen LogP contribution in [0.5, 0.6) is 0 Å². The van der Waals surface area contributed by atoms with Gasteiger partial charge in [-0.15, -0.1) is 0 Å². The van der Waals surface area contributed by atoms with Gasteiger partial charge in [-0.2, -0.15) is 0 Å². The predicted molar refractivity (Wildman–Crippen MR) is 86.0 cm³/mol.